The second kappa shape index (κ2) is 11.5. The number of rotatable bonds is 8. The van der Waals surface area contributed by atoms with Crippen LogP contribution < -0.4 is 14.2 Å². The van der Waals surface area contributed by atoms with E-state index in [-0.39, 0.29) is 11.4 Å². The first-order valence-corrected chi connectivity index (χ1v) is 13.9. The fourth-order valence-corrected chi connectivity index (χ4v) is 5.76. The molecule has 2 heterocycles. The minimum absolute atomic E-state index is 0.0732. The monoisotopic (exact) mass is 603 g/mol. The maximum Gasteiger partial charge on any atom is 0.283 e. The number of methoxy groups -OCH3 is 1. The number of amides is 1. The highest BCUT2D eigenvalue weighted by Gasteiger charge is 2.36. The normalized spacial score (nSPS) is 15.7. The maximum absolute atomic E-state index is 12.9. The first kappa shape index (κ1) is 26.8. The summed E-state index contributed by atoms with van der Waals surface area (Å²) >= 11 is 4.91. The molecule has 0 saturated carbocycles. The summed E-state index contributed by atoms with van der Waals surface area (Å²) in [4.78, 5) is 18.8. The zero-order valence-electron chi connectivity index (χ0n) is 21.7. The number of benzene rings is 3. The Morgan fingerprint density at radius 3 is 2.54 bits per heavy atom. The molecule has 198 valence electrons. The quantitative estimate of drug-likeness (QED) is 0.224. The number of aliphatic imine (C=N–C) groups is 1. The summed E-state index contributed by atoms with van der Waals surface area (Å²) in [5.74, 6) is 1.46. The number of fused-ring (bicyclic) bond motifs is 1. The zero-order valence-corrected chi connectivity index (χ0v) is 24.1. The van der Waals surface area contributed by atoms with Gasteiger partial charge in [-0.15, -0.1) is 0 Å². The molecule has 2 aliphatic heterocycles. The molecular weight excluding hydrogens is 578 g/mol. The Labute approximate surface area is 239 Å². The lowest BCUT2D eigenvalue weighted by atomic mass is 10.1. The van der Waals surface area contributed by atoms with Gasteiger partial charge in [0, 0.05) is 5.41 Å². The number of ether oxygens (including phenoxy) is 3. The van der Waals surface area contributed by atoms with Gasteiger partial charge >= 0.3 is 0 Å². The van der Waals surface area contributed by atoms with Gasteiger partial charge in [0.15, 0.2) is 16.7 Å². The van der Waals surface area contributed by atoms with Crippen molar-refractivity contribution in [3.05, 3.63) is 98.4 Å². The van der Waals surface area contributed by atoms with Gasteiger partial charge in [0.1, 0.15) is 24.8 Å². The van der Waals surface area contributed by atoms with Gasteiger partial charge in [-0.3, -0.25) is 15.1 Å². The molecule has 7 nitrogen and oxygen atoms in total. The van der Waals surface area contributed by atoms with Crippen LogP contribution in [0.15, 0.2) is 81.1 Å². The van der Waals surface area contributed by atoms with Crippen molar-refractivity contribution >= 4 is 56.4 Å². The van der Waals surface area contributed by atoms with E-state index in [1.165, 1.54) is 17.3 Å². The molecule has 0 radical (unpaired) electrons. The summed E-state index contributed by atoms with van der Waals surface area (Å²) < 4.78 is 18.1. The highest BCUT2D eigenvalue weighted by atomic mass is 79.9. The van der Waals surface area contributed by atoms with Gasteiger partial charge in [-0.25, -0.2) is 0 Å². The van der Waals surface area contributed by atoms with Crippen molar-refractivity contribution in [2.24, 2.45) is 4.99 Å². The van der Waals surface area contributed by atoms with E-state index in [2.05, 4.69) is 27.0 Å². The van der Waals surface area contributed by atoms with Crippen LogP contribution in [0.3, 0.4) is 0 Å². The van der Waals surface area contributed by atoms with Gasteiger partial charge in [0.25, 0.3) is 5.91 Å². The van der Waals surface area contributed by atoms with E-state index in [1.807, 2.05) is 67.8 Å². The fourth-order valence-electron chi connectivity index (χ4n) is 4.30. The van der Waals surface area contributed by atoms with Crippen molar-refractivity contribution < 1.29 is 19.0 Å². The molecule has 1 N–H and O–H groups in total. The lowest BCUT2D eigenvalue weighted by Crippen LogP contribution is -2.38. The summed E-state index contributed by atoms with van der Waals surface area (Å²) in [7, 11) is 1.56. The molecule has 2 aliphatic rings. The number of aryl methyl sites for hydroxylation is 2. The molecule has 1 amide bonds. The van der Waals surface area contributed by atoms with Crippen molar-refractivity contribution in [1.29, 1.82) is 5.41 Å². The molecule has 0 bridgehead atoms. The van der Waals surface area contributed by atoms with Crippen molar-refractivity contribution in [3.8, 4) is 17.2 Å². The average Bonchev–Trinajstić information content (AvgIpc) is 3.35. The van der Waals surface area contributed by atoms with Gasteiger partial charge in [0.05, 0.1) is 22.9 Å². The maximum atomic E-state index is 12.9. The van der Waals surface area contributed by atoms with E-state index in [4.69, 9.17) is 19.6 Å². The number of hydrogen-bond donors (Lipinski definition) is 1. The van der Waals surface area contributed by atoms with Gasteiger partial charge < -0.3 is 14.2 Å². The number of halogens is 1. The number of carbonyl (C=O) groups excluding carboxylic acids is 1. The predicted molar refractivity (Wildman–Crippen MR) is 160 cm³/mol. The topological polar surface area (TPSA) is 84.2 Å². The molecule has 0 aliphatic carbocycles. The number of hydrogen-bond acceptors (Lipinski definition) is 6. The standard InChI is InChI=1S/C30H26BrN3O4S/c1-18-9-10-25(19(2)13-18)37-11-12-38-27-23(31)15-20(16-26(27)36-3)14-22-28(32)34-24(21-7-5-4-6-8-21)17-39-30(34)33-29(22)35/h4-10,13-17,32H,11-12H2,1-3H3. The second-order valence-corrected chi connectivity index (χ2v) is 10.6. The number of amidine groups is 2. The van der Waals surface area contributed by atoms with Crippen molar-refractivity contribution in [2.45, 2.75) is 13.8 Å². The SMILES string of the molecule is COc1cc(C=C2C(=N)N3C(c4ccccc4)=CSC3=NC2=O)cc(Br)c1OCCOc1ccc(C)cc1C. The highest BCUT2D eigenvalue weighted by molar-refractivity contribution is 9.10. The minimum Gasteiger partial charge on any atom is -0.493 e. The Bertz CT molecular complexity index is 1550. The number of nitrogens with zero attached hydrogens (tertiary/aromatic N) is 2. The summed E-state index contributed by atoms with van der Waals surface area (Å²) in [5, 5.41) is 11.2. The number of nitrogens with one attached hydrogen (secondary N) is 1. The molecular formula is C30H26BrN3O4S. The summed E-state index contributed by atoms with van der Waals surface area (Å²) in [6, 6.07) is 19.4. The lowest BCUT2D eigenvalue weighted by molar-refractivity contribution is -0.114. The smallest absolute Gasteiger partial charge is 0.283 e. The molecule has 39 heavy (non-hydrogen) atoms. The van der Waals surface area contributed by atoms with Crippen LogP contribution >= 0.6 is 27.7 Å². The van der Waals surface area contributed by atoms with Gasteiger partial charge in [0.2, 0.25) is 0 Å². The molecule has 3 aromatic carbocycles. The Hall–Kier alpha value is -3.82. The van der Waals surface area contributed by atoms with E-state index < -0.39 is 5.91 Å². The summed E-state index contributed by atoms with van der Waals surface area (Å²) in [5.41, 5.74) is 4.87. The van der Waals surface area contributed by atoms with Crippen molar-refractivity contribution in [1.82, 2.24) is 4.90 Å². The molecule has 0 saturated heterocycles. The first-order valence-electron chi connectivity index (χ1n) is 12.2. The Kier molecular flexibility index (Phi) is 7.90. The molecule has 0 fully saturated rings. The van der Waals surface area contributed by atoms with Crippen molar-refractivity contribution in [2.75, 3.05) is 20.3 Å². The first-order chi connectivity index (χ1) is 18.9. The van der Waals surface area contributed by atoms with E-state index >= 15 is 0 Å². The van der Waals surface area contributed by atoms with Gasteiger partial charge in [-0.1, -0.05) is 59.8 Å². The summed E-state index contributed by atoms with van der Waals surface area (Å²) in [6.45, 7) is 4.73. The minimum atomic E-state index is -0.458. The van der Waals surface area contributed by atoms with Crippen LogP contribution in [0.2, 0.25) is 0 Å². The van der Waals surface area contributed by atoms with E-state index in [0.717, 1.165) is 22.6 Å². The number of thioether (sulfide) groups is 1. The predicted octanol–water partition coefficient (Wildman–Crippen LogP) is 6.84. The van der Waals surface area contributed by atoms with Crippen LogP contribution in [0.1, 0.15) is 22.3 Å². The third-order valence-electron chi connectivity index (χ3n) is 6.16. The van der Waals surface area contributed by atoms with Gasteiger partial charge in [-0.2, -0.15) is 4.99 Å². The Morgan fingerprint density at radius 2 is 1.79 bits per heavy atom. The molecule has 0 aromatic heterocycles. The Balaban J connectivity index is 1.33. The lowest BCUT2D eigenvalue weighted by Gasteiger charge is -2.27. The third kappa shape index (κ3) is 5.65. The highest BCUT2D eigenvalue weighted by Crippen LogP contribution is 2.39. The van der Waals surface area contributed by atoms with Crippen LogP contribution in [-0.2, 0) is 4.79 Å². The van der Waals surface area contributed by atoms with Crippen LogP contribution in [0.4, 0.5) is 0 Å². The van der Waals surface area contributed by atoms with E-state index in [1.54, 1.807) is 24.2 Å². The van der Waals surface area contributed by atoms with E-state index in [9.17, 15) is 4.79 Å². The average molecular weight is 605 g/mol. The molecule has 9 heteroatoms. The molecule has 0 unspecified atom stereocenters. The van der Waals surface area contributed by atoms with Crippen LogP contribution in [0.25, 0.3) is 11.8 Å². The molecule has 0 spiro atoms. The molecule has 5 rings (SSSR count). The van der Waals surface area contributed by atoms with E-state index in [0.29, 0.717) is 39.9 Å². The number of carbonyl (C=O) groups is 1. The van der Waals surface area contributed by atoms with Crippen LogP contribution in [0.5, 0.6) is 17.2 Å². The summed E-state index contributed by atoms with van der Waals surface area (Å²) in [6.07, 6.45) is 1.65. The van der Waals surface area contributed by atoms with Crippen LogP contribution in [0, 0.1) is 19.3 Å². The second-order valence-electron chi connectivity index (χ2n) is 8.93. The zero-order chi connectivity index (χ0) is 27.5. The Morgan fingerprint density at radius 1 is 1.03 bits per heavy atom. The van der Waals surface area contributed by atoms with Crippen LogP contribution in [-0.4, -0.2) is 42.1 Å². The largest absolute Gasteiger partial charge is 0.493 e. The third-order valence-corrected chi connectivity index (χ3v) is 7.58. The fraction of sp³-hybridized carbons (Fsp3) is 0.167. The van der Waals surface area contributed by atoms with Crippen molar-refractivity contribution in [3.63, 3.8) is 0 Å². The molecule has 0 atom stereocenters. The molecule has 3 aromatic rings. The van der Waals surface area contributed by atoms with Gasteiger partial charge in [-0.05, 0) is 70.7 Å².